The van der Waals surface area contributed by atoms with Crippen LogP contribution in [-0.4, -0.2) is 31.7 Å². The topological polar surface area (TPSA) is 43.6 Å². The maximum atomic E-state index is 4.15. The predicted molar refractivity (Wildman–Crippen MR) is 59.8 cm³/mol. The van der Waals surface area contributed by atoms with E-state index >= 15 is 0 Å². The van der Waals surface area contributed by atoms with Crippen molar-refractivity contribution in [1.29, 1.82) is 0 Å². The molecule has 0 amide bonds. The molecular weight excluding hydrogens is 216 g/mol. The molecule has 0 unspecified atom stereocenters. The minimum atomic E-state index is 0.539. The Labute approximate surface area is 92.6 Å². The van der Waals surface area contributed by atoms with Gasteiger partial charge in [-0.25, -0.2) is 4.68 Å². The minimum absolute atomic E-state index is 0.539. The summed E-state index contributed by atoms with van der Waals surface area (Å²) in [5.74, 6) is 1.56. The molecule has 76 valence electrons. The first-order chi connectivity index (χ1) is 6.81. The van der Waals surface area contributed by atoms with Crippen LogP contribution in [-0.2, 0) is 0 Å². The van der Waals surface area contributed by atoms with E-state index in [1.165, 1.54) is 12.8 Å². The zero-order valence-corrected chi connectivity index (χ0v) is 9.47. The van der Waals surface area contributed by atoms with E-state index in [-0.39, 0.29) is 0 Å². The molecule has 1 fully saturated rings. The number of thiol groups is 1. The highest BCUT2D eigenvalue weighted by Crippen LogP contribution is 2.36. The van der Waals surface area contributed by atoms with Crippen molar-refractivity contribution in [1.82, 2.24) is 20.2 Å². The van der Waals surface area contributed by atoms with Gasteiger partial charge in [-0.2, -0.15) is 12.6 Å². The SMILES string of the molecule is C=C(CS)CSc1nnnn1C1CC1. The maximum absolute atomic E-state index is 4.15. The smallest absolute Gasteiger partial charge is 0.209 e. The third kappa shape index (κ3) is 2.30. The van der Waals surface area contributed by atoms with E-state index in [4.69, 9.17) is 0 Å². The van der Waals surface area contributed by atoms with Crippen molar-refractivity contribution in [2.75, 3.05) is 11.5 Å². The molecule has 14 heavy (non-hydrogen) atoms. The molecule has 0 aliphatic heterocycles. The number of rotatable bonds is 5. The Bertz CT molecular complexity index is 332. The average molecular weight is 228 g/mol. The molecule has 1 aliphatic rings. The molecule has 1 aromatic rings. The lowest BCUT2D eigenvalue weighted by molar-refractivity contribution is 0.565. The van der Waals surface area contributed by atoms with E-state index < -0.39 is 0 Å². The van der Waals surface area contributed by atoms with Crippen LogP contribution in [0.1, 0.15) is 18.9 Å². The number of hydrogen-bond donors (Lipinski definition) is 1. The van der Waals surface area contributed by atoms with Crippen molar-refractivity contribution in [3.63, 3.8) is 0 Å². The Hall–Kier alpha value is -0.490. The fraction of sp³-hybridized carbons (Fsp3) is 0.625. The Balaban J connectivity index is 1.94. The van der Waals surface area contributed by atoms with Crippen molar-refractivity contribution in [3.8, 4) is 0 Å². The summed E-state index contributed by atoms with van der Waals surface area (Å²) in [6.45, 7) is 3.89. The van der Waals surface area contributed by atoms with Crippen molar-refractivity contribution in [2.45, 2.75) is 24.0 Å². The van der Waals surface area contributed by atoms with E-state index in [1.807, 2.05) is 4.68 Å². The number of tetrazole rings is 1. The Morgan fingerprint density at radius 2 is 2.43 bits per heavy atom. The van der Waals surface area contributed by atoms with Gasteiger partial charge < -0.3 is 0 Å². The zero-order chi connectivity index (χ0) is 9.97. The van der Waals surface area contributed by atoms with Crippen molar-refractivity contribution in [3.05, 3.63) is 12.2 Å². The van der Waals surface area contributed by atoms with Crippen LogP contribution < -0.4 is 0 Å². The van der Waals surface area contributed by atoms with Crippen LogP contribution in [0.25, 0.3) is 0 Å². The standard InChI is InChI=1S/C8H12N4S2/c1-6(4-13)5-14-8-9-10-11-12(8)7-2-3-7/h7,13H,1-5H2. The number of aromatic nitrogens is 4. The maximum Gasteiger partial charge on any atom is 0.209 e. The molecule has 0 aromatic carbocycles. The summed E-state index contributed by atoms with van der Waals surface area (Å²) >= 11 is 5.79. The summed E-state index contributed by atoms with van der Waals surface area (Å²) in [4.78, 5) is 0. The van der Waals surface area contributed by atoms with Crippen molar-refractivity contribution < 1.29 is 0 Å². The quantitative estimate of drug-likeness (QED) is 0.472. The fourth-order valence-corrected chi connectivity index (χ4v) is 2.15. The van der Waals surface area contributed by atoms with Gasteiger partial charge in [-0.15, -0.1) is 5.10 Å². The normalized spacial score (nSPS) is 15.8. The molecule has 2 rings (SSSR count). The first-order valence-corrected chi connectivity index (χ1v) is 6.11. The fourth-order valence-electron chi connectivity index (χ4n) is 1.04. The van der Waals surface area contributed by atoms with E-state index in [2.05, 4.69) is 34.7 Å². The second-order valence-corrected chi connectivity index (χ2v) is 4.59. The molecule has 1 aromatic heterocycles. The third-order valence-electron chi connectivity index (χ3n) is 1.98. The molecule has 1 aliphatic carbocycles. The molecule has 0 radical (unpaired) electrons. The van der Waals surface area contributed by atoms with Crippen LogP contribution in [0.15, 0.2) is 17.3 Å². The van der Waals surface area contributed by atoms with Crippen LogP contribution in [0.2, 0.25) is 0 Å². The van der Waals surface area contributed by atoms with Gasteiger partial charge in [-0.1, -0.05) is 23.9 Å². The monoisotopic (exact) mass is 228 g/mol. The van der Waals surface area contributed by atoms with E-state index in [9.17, 15) is 0 Å². The predicted octanol–water partition coefficient (Wildman–Crippen LogP) is 1.59. The van der Waals surface area contributed by atoms with Gasteiger partial charge in [-0.05, 0) is 23.3 Å². The number of nitrogens with zero attached hydrogens (tertiary/aromatic N) is 4. The van der Waals surface area contributed by atoms with Crippen LogP contribution in [0.3, 0.4) is 0 Å². The van der Waals surface area contributed by atoms with E-state index in [1.54, 1.807) is 11.8 Å². The van der Waals surface area contributed by atoms with Crippen LogP contribution in [0.5, 0.6) is 0 Å². The summed E-state index contributed by atoms with van der Waals surface area (Å²) in [6, 6.07) is 0.539. The highest BCUT2D eigenvalue weighted by molar-refractivity contribution is 7.99. The van der Waals surface area contributed by atoms with Gasteiger partial charge in [0.05, 0.1) is 6.04 Å². The summed E-state index contributed by atoms with van der Waals surface area (Å²) in [6.07, 6.45) is 2.40. The first-order valence-electron chi connectivity index (χ1n) is 4.49. The van der Waals surface area contributed by atoms with Gasteiger partial charge in [0, 0.05) is 11.5 Å². The van der Waals surface area contributed by atoms with E-state index in [0.29, 0.717) is 6.04 Å². The summed E-state index contributed by atoms with van der Waals surface area (Å²) < 4.78 is 1.91. The zero-order valence-electron chi connectivity index (χ0n) is 7.76. The second kappa shape index (κ2) is 4.35. The molecular formula is C8H12N4S2. The minimum Gasteiger partial charge on any atom is -0.217 e. The average Bonchev–Trinajstić information content (AvgIpc) is 2.94. The van der Waals surface area contributed by atoms with Crippen LogP contribution in [0.4, 0.5) is 0 Å². The van der Waals surface area contributed by atoms with Gasteiger partial charge in [0.1, 0.15) is 0 Å². The molecule has 0 N–H and O–H groups in total. The van der Waals surface area contributed by atoms with Gasteiger partial charge in [0.15, 0.2) is 0 Å². The van der Waals surface area contributed by atoms with Crippen LogP contribution in [0, 0.1) is 0 Å². The lowest BCUT2D eigenvalue weighted by atomic mass is 10.4. The summed E-state index contributed by atoms with van der Waals surface area (Å²) in [7, 11) is 0. The highest BCUT2D eigenvalue weighted by atomic mass is 32.2. The molecule has 0 bridgehead atoms. The second-order valence-electron chi connectivity index (χ2n) is 3.33. The van der Waals surface area contributed by atoms with Gasteiger partial charge in [0.2, 0.25) is 5.16 Å². The first kappa shape index (κ1) is 10.0. The van der Waals surface area contributed by atoms with E-state index in [0.717, 1.165) is 22.2 Å². The van der Waals surface area contributed by atoms with Crippen molar-refractivity contribution in [2.24, 2.45) is 0 Å². The number of hydrogen-bond acceptors (Lipinski definition) is 5. The lowest BCUT2D eigenvalue weighted by Crippen LogP contribution is -1.99. The molecule has 0 spiro atoms. The Kier molecular flexibility index (Phi) is 3.12. The van der Waals surface area contributed by atoms with Crippen molar-refractivity contribution >= 4 is 24.4 Å². The molecule has 0 saturated heterocycles. The molecule has 1 heterocycles. The van der Waals surface area contributed by atoms with Gasteiger partial charge >= 0.3 is 0 Å². The highest BCUT2D eigenvalue weighted by Gasteiger charge is 2.27. The Morgan fingerprint density at radius 3 is 3.07 bits per heavy atom. The summed E-state index contributed by atoms with van der Waals surface area (Å²) in [5.41, 5.74) is 1.10. The molecule has 6 heteroatoms. The third-order valence-corrected chi connectivity index (χ3v) is 3.51. The molecule has 1 saturated carbocycles. The van der Waals surface area contributed by atoms with Gasteiger partial charge in [0.25, 0.3) is 0 Å². The molecule has 0 atom stereocenters. The largest absolute Gasteiger partial charge is 0.217 e. The summed E-state index contributed by atoms with van der Waals surface area (Å²) in [5, 5.41) is 12.5. The molecule has 4 nitrogen and oxygen atoms in total. The lowest BCUT2D eigenvalue weighted by Gasteiger charge is -2.02. The van der Waals surface area contributed by atoms with Gasteiger partial charge in [-0.3, -0.25) is 0 Å². The number of thioether (sulfide) groups is 1. The Morgan fingerprint density at radius 1 is 1.64 bits per heavy atom. The van der Waals surface area contributed by atoms with Crippen LogP contribution >= 0.6 is 24.4 Å².